The van der Waals surface area contributed by atoms with E-state index in [1.807, 2.05) is 40.9 Å². The standard InChI is InChI=1S/C35H21NO2/c37-35-33-20-25(21-36(33)32-14-5-6-15-34(32)38-35)23-9-7-8-22(18-23)24-16-17-30-28-12-2-1-10-26(28)27-11-3-4-13-29(27)31(30)19-24/h1-21H. The quantitative estimate of drug-likeness (QED) is 0.228. The first kappa shape index (κ1) is 21.0. The average Bonchev–Trinajstić information content (AvgIpc) is 3.44. The third-order valence-corrected chi connectivity index (χ3v) is 7.63. The van der Waals surface area contributed by atoms with Crippen molar-refractivity contribution in [2.45, 2.75) is 0 Å². The van der Waals surface area contributed by atoms with Gasteiger partial charge in [0.05, 0.1) is 5.52 Å². The molecule has 2 heterocycles. The molecule has 0 bridgehead atoms. The predicted octanol–water partition coefficient (Wildman–Crippen LogP) is 8.84. The minimum atomic E-state index is -0.334. The summed E-state index contributed by atoms with van der Waals surface area (Å²) in [5.74, 6) is 0. The van der Waals surface area contributed by atoms with E-state index >= 15 is 0 Å². The molecule has 0 atom stereocenters. The number of hydrogen-bond acceptors (Lipinski definition) is 2. The zero-order valence-electron chi connectivity index (χ0n) is 20.4. The molecule has 0 saturated heterocycles. The third-order valence-electron chi connectivity index (χ3n) is 7.63. The van der Waals surface area contributed by atoms with Gasteiger partial charge in [0, 0.05) is 11.8 Å². The van der Waals surface area contributed by atoms with Crippen LogP contribution in [0.15, 0.2) is 137 Å². The summed E-state index contributed by atoms with van der Waals surface area (Å²) in [4.78, 5) is 12.7. The molecule has 38 heavy (non-hydrogen) atoms. The molecule has 8 rings (SSSR count). The summed E-state index contributed by atoms with van der Waals surface area (Å²) in [5, 5.41) is 7.60. The Balaban J connectivity index is 1.32. The van der Waals surface area contributed by atoms with Crippen LogP contribution in [0.4, 0.5) is 0 Å². The summed E-state index contributed by atoms with van der Waals surface area (Å²) in [6.07, 6.45) is 2.02. The van der Waals surface area contributed by atoms with Crippen LogP contribution < -0.4 is 5.63 Å². The van der Waals surface area contributed by atoms with E-state index in [0.717, 1.165) is 27.8 Å². The van der Waals surface area contributed by atoms with Gasteiger partial charge in [-0.3, -0.25) is 0 Å². The zero-order valence-corrected chi connectivity index (χ0v) is 20.4. The van der Waals surface area contributed by atoms with Crippen molar-refractivity contribution in [1.82, 2.24) is 4.40 Å². The van der Waals surface area contributed by atoms with Gasteiger partial charge < -0.3 is 8.82 Å². The van der Waals surface area contributed by atoms with Crippen molar-refractivity contribution < 1.29 is 4.42 Å². The highest BCUT2D eigenvalue weighted by molar-refractivity contribution is 6.25. The second-order valence-electron chi connectivity index (χ2n) is 9.77. The molecule has 0 aliphatic carbocycles. The van der Waals surface area contributed by atoms with E-state index in [9.17, 15) is 4.79 Å². The first-order valence-corrected chi connectivity index (χ1v) is 12.7. The lowest BCUT2D eigenvalue weighted by molar-refractivity contribution is 0.562. The molecular weight excluding hydrogens is 466 g/mol. The van der Waals surface area contributed by atoms with Crippen LogP contribution in [0.25, 0.3) is 71.2 Å². The summed E-state index contributed by atoms with van der Waals surface area (Å²) >= 11 is 0. The van der Waals surface area contributed by atoms with Gasteiger partial charge in [0.25, 0.3) is 0 Å². The SMILES string of the molecule is O=c1oc2ccccc2n2cc(-c3cccc(-c4ccc5c6ccccc6c6ccccc6c5c4)c3)cc12. The molecule has 0 N–H and O–H groups in total. The van der Waals surface area contributed by atoms with E-state index in [2.05, 4.69) is 91.0 Å². The minimum Gasteiger partial charge on any atom is -0.420 e. The fourth-order valence-electron chi connectivity index (χ4n) is 5.84. The lowest BCUT2D eigenvalue weighted by Crippen LogP contribution is -2.03. The molecule has 3 heteroatoms. The molecule has 8 aromatic rings. The van der Waals surface area contributed by atoms with Gasteiger partial charge in [0.1, 0.15) is 5.52 Å². The Morgan fingerprint density at radius 2 is 1.03 bits per heavy atom. The third kappa shape index (κ3) is 3.06. The number of nitrogens with zero attached hydrogens (tertiary/aromatic N) is 1. The van der Waals surface area contributed by atoms with Gasteiger partial charge in [0.15, 0.2) is 5.58 Å². The van der Waals surface area contributed by atoms with Crippen molar-refractivity contribution >= 4 is 48.9 Å². The number of rotatable bonds is 2. The number of hydrogen-bond donors (Lipinski definition) is 0. The molecule has 178 valence electrons. The Hall–Kier alpha value is -5.15. The van der Waals surface area contributed by atoms with Gasteiger partial charge >= 0.3 is 5.63 Å². The van der Waals surface area contributed by atoms with Crippen LogP contribution in [0.5, 0.6) is 0 Å². The van der Waals surface area contributed by atoms with Gasteiger partial charge in [-0.2, -0.15) is 0 Å². The fourth-order valence-corrected chi connectivity index (χ4v) is 5.84. The molecule has 0 spiro atoms. The van der Waals surface area contributed by atoms with E-state index in [1.54, 1.807) is 0 Å². The van der Waals surface area contributed by atoms with Crippen molar-refractivity contribution in [3.05, 3.63) is 138 Å². The topological polar surface area (TPSA) is 34.6 Å². The van der Waals surface area contributed by atoms with Gasteiger partial charge in [-0.05, 0) is 79.3 Å². The number of para-hydroxylation sites is 2. The monoisotopic (exact) mass is 487 g/mol. The Morgan fingerprint density at radius 3 is 1.76 bits per heavy atom. The van der Waals surface area contributed by atoms with Crippen molar-refractivity contribution in [1.29, 1.82) is 0 Å². The maximum absolute atomic E-state index is 12.7. The van der Waals surface area contributed by atoms with Gasteiger partial charge in [0.2, 0.25) is 0 Å². The second-order valence-corrected chi connectivity index (χ2v) is 9.77. The average molecular weight is 488 g/mol. The summed E-state index contributed by atoms with van der Waals surface area (Å²) in [7, 11) is 0. The highest BCUT2D eigenvalue weighted by atomic mass is 16.4. The number of benzene rings is 6. The smallest absolute Gasteiger partial charge is 0.360 e. The molecule has 0 saturated carbocycles. The lowest BCUT2D eigenvalue weighted by Gasteiger charge is -2.12. The van der Waals surface area contributed by atoms with E-state index in [4.69, 9.17) is 4.42 Å². The molecule has 0 aliphatic rings. The van der Waals surface area contributed by atoms with Crippen LogP contribution in [-0.2, 0) is 0 Å². The van der Waals surface area contributed by atoms with Crippen molar-refractivity contribution in [2.24, 2.45) is 0 Å². The van der Waals surface area contributed by atoms with Crippen LogP contribution in [0.2, 0.25) is 0 Å². The molecule has 6 aromatic carbocycles. The van der Waals surface area contributed by atoms with Crippen molar-refractivity contribution in [2.75, 3.05) is 0 Å². The normalized spacial score (nSPS) is 11.8. The Labute approximate surface area is 217 Å². The van der Waals surface area contributed by atoms with E-state index < -0.39 is 0 Å². The summed E-state index contributed by atoms with van der Waals surface area (Å²) in [5.41, 5.74) is 5.98. The van der Waals surface area contributed by atoms with Crippen LogP contribution in [-0.4, -0.2) is 4.40 Å². The molecular formula is C35H21NO2. The van der Waals surface area contributed by atoms with Crippen LogP contribution in [0.3, 0.4) is 0 Å². The van der Waals surface area contributed by atoms with Gasteiger partial charge in [-0.25, -0.2) is 4.79 Å². The van der Waals surface area contributed by atoms with E-state index in [-0.39, 0.29) is 5.63 Å². The molecule has 0 fully saturated rings. The molecule has 0 aliphatic heterocycles. The molecule has 0 unspecified atom stereocenters. The van der Waals surface area contributed by atoms with Crippen LogP contribution in [0.1, 0.15) is 0 Å². The molecule has 3 nitrogen and oxygen atoms in total. The van der Waals surface area contributed by atoms with Gasteiger partial charge in [-0.1, -0.05) is 91.0 Å². The maximum Gasteiger partial charge on any atom is 0.360 e. The largest absolute Gasteiger partial charge is 0.420 e. The summed E-state index contributed by atoms with van der Waals surface area (Å²) in [6, 6.07) is 42.1. The van der Waals surface area contributed by atoms with E-state index in [0.29, 0.717) is 11.1 Å². The fraction of sp³-hybridized carbons (Fsp3) is 0. The maximum atomic E-state index is 12.7. The van der Waals surface area contributed by atoms with Crippen LogP contribution >= 0.6 is 0 Å². The second kappa shape index (κ2) is 7.92. The number of fused-ring (bicyclic) bond motifs is 9. The Morgan fingerprint density at radius 1 is 0.447 bits per heavy atom. The minimum absolute atomic E-state index is 0.334. The van der Waals surface area contributed by atoms with E-state index in [1.165, 1.54) is 32.3 Å². The highest BCUT2D eigenvalue weighted by Gasteiger charge is 2.13. The van der Waals surface area contributed by atoms with Gasteiger partial charge in [-0.15, -0.1) is 0 Å². The van der Waals surface area contributed by atoms with Crippen molar-refractivity contribution in [3.63, 3.8) is 0 Å². The summed E-state index contributed by atoms with van der Waals surface area (Å²) in [6.45, 7) is 0. The lowest BCUT2D eigenvalue weighted by atomic mass is 9.91. The molecule has 0 amide bonds. The van der Waals surface area contributed by atoms with Crippen LogP contribution in [0, 0.1) is 0 Å². The number of aromatic nitrogens is 1. The Bertz CT molecular complexity index is 2230. The van der Waals surface area contributed by atoms with Crippen molar-refractivity contribution in [3.8, 4) is 22.3 Å². The highest BCUT2D eigenvalue weighted by Crippen LogP contribution is 2.37. The first-order valence-electron chi connectivity index (χ1n) is 12.7. The molecule has 0 radical (unpaired) electrons. The molecule has 2 aromatic heterocycles. The zero-order chi connectivity index (χ0) is 25.2. The Kier molecular flexibility index (Phi) is 4.38. The predicted molar refractivity (Wildman–Crippen MR) is 157 cm³/mol. The first-order chi connectivity index (χ1) is 18.7. The summed E-state index contributed by atoms with van der Waals surface area (Å²) < 4.78 is 7.47.